The number of aromatic nitrogens is 5. The molecule has 0 unspecified atom stereocenters. The van der Waals surface area contributed by atoms with Crippen LogP contribution in [0.3, 0.4) is 0 Å². The lowest BCUT2D eigenvalue weighted by Crippen LogP contribution is -2.08. The van der Waals surface area contributed by atoms with Gasteiger partial charge in [0.15, 0.2) is 12.4 Å². The van der Waals surface area contributed by atoms with Crippen LogP contribution in [-0.2, 0) is 11.3 Å². The summed E-state index contributed by atoms with van der Waals surface area (Å²) >= 11 is 0. The second-order valence-electron chi connectivity index (χ2n) is 5.03. The number of hydrogen-bond acceptors (Lipinski definition) is 7. The standard InChI is InChI=1S/C15H15N5O3/c1-9-6-10(2)20(19-9)13-5-4-12(7-16-13)15(21)22-8-14-18-17-11(3)23-14/h4-7H,8H2,1-3H3. The smallest absolute Gasteiger partial charge is 0.340 e. The van der Waals surface area contributed by atoms with Crippen LogP contribution in [0.25, 0.3) is 5.82 Å². The number of carbonyl (C=O) groups excluding carboxylic acids is 1. The van der Waals surface area contributed by atoms with Gasteiger partial charge in [0.1, 0.15) is 0 Å². The Morgan fingerprint density at radius 3 is 2.65 bits per heavy atom. The van der Waals surface area contributed by atoms with Crippen molar-refractivity contribution in [1.29, 1.82) is 0 Å². The lowest BCUT2D eigenvalue weighted by molar-refractivity contribution is 0.0436. The summed E-state index contributed by atoms with van der Waals surface area (Å²) in [6.07, 6.45) is 1.45. The maximum atomic E-state index is 12.0. The van der Waals surface area contributed by atoms with Crippen LogP contribution in [0.1, 0.15) is 33.5 Å². The van der Waals surface area contributed by atoms with Gasteiger partial charge in [-0.1, -0.05) is 0 Å². The van der Waals surface area contributed by atoms with Gasteiger partial charge in [-0.05, 0) is 32.0 Å². The first-order valence-corrected chi connectivity index (χ1v) is 6.99. The van der Waals surface area contributed by atoms with Gasteiger partial charge in [-0.3, -0.25) is 0 Å². The Labute approximate surface area is 132 Å². The van der Waals surface area contributed by atoms with Crippen molar-refractivity contribution in [1.82, 2.24) is 25.0 Å². The minimum atomic E-state index is -0.506. The second kappa shape index (κ2) is 5.99. The van der Waals surface area contributed by atoms with E-state index in [1.165, 1.54) is 6.20 Å². The minimum absolute atomic E-state index is 0.0706. The maximum absolute atomic E-state index is 12.0. The fourth-order valence-corrected chi connectivity index (χ4v) is 2.10. The van der Waals surface area contributed by atoms with E-state index in [0.717, 1.165) is 11.4 Å². The summed E-state index contributed by atoms with van der Waals surface area (Å²) in [6.45, 7) is 5.45. The van der Waals surface area contributed by atoms with Crippen LogP contribution in [0, 0.1) is 20.8 Å². The number of esters is 1. The van der Waals surface area contributed by atoms with Gasteiger partial charge >= 0.3 is 5.97 Å². The molecule has 8 nitrogen and oxygen atoms in total. The van der Waals surface area contributed by atoms with Gasteiger partial charge in [0.05, 0.1) is 11.3 Å². The van der Waals surface area contributed by atoms with Crippen LogP contribution in [0.5, 0.6) is 0 Å². The topological polar surface area (TPSA) is 95.9 Å². The Balaban J connectivity index is 1.69. The van der Waals surface area contributed by atoms with Crippen molar-refractivity contribution < 1.29 is 13.9 Å². The monoisotopic (exact) mass is 313 g/mol. The molecule has 0 aliphatic rings. The molecular formula is C15H15N5O3. The van der Waals surface area contributed by atoms with Gasteiger partial charge in [-0.25, -0.2) is 14.5 Å². The summed E-state index contributed by atoms with van der Waals surface area (Å²) in [6, 6.07) is 5.31. The van der Waals surface area contributed by atoms with Crippen LogP contribution < -0.4 is 0 Å². The normalized spacial score (nSPS) is 10.7. The quantitative estimate of drug-likeness (QED) is 0.679. The molecule has 0 amide bonds. The molecule has 0 aliphatic heterocycles. The number of nitrogens with zero attached hydrogens (tertiary/aromatic N) is 5. The molecule has 0 aliphatic carbocycles. The Morgan fingerprint density at radius 2 is 2.09 bits per heavy atom. The zero-order valence-electron chi connectivity index (χ0n) is 13.0. The number of rotatable bonds is 4. The molecule has 0 saturated carbocycles. The summed E-state index contributed by atoms with van der Waals surface area (Å²) < 4.78 is 12.0. The van der Waals surface area contributed by atoms with Crippen molar-refractivity contribution in [3.8, 4) is 5.82 Å². The molecule has 3 aromatic heterocycles. The zero-order chi connectivity index (χ0) is 16.4. The number of hydrogen-bond donors (Lipinski definition) is 0. The molecule has 0 spiro atoms. The molecule has 0 bridgehead atoms. The molecular weight excluding hydrogens is 298 g/mol. The number of ether oxygens (including phenoxy) is 1. The van der Waals surface area contributed by atoms with Crippen molar-refractivity contribution in [2.75, 3.05) is 0 Å². The van der Waals surface area contributed by atoms with Crippen LogP contribution in [0.4, 0.5) is 0 Å². The van der Waals surface area contributed by atoms with E-state index in [4.69, 9.17) is 9.15 Å². The van der Waals surface area contributed by atoms with E-state index in [1.54, 1.807) is 23.7 Å². The highest BCUT2D eigenvalue weighted by Crippen LogP contribution is 2.11. The lowest BCUT2D eigenvalue weighted by Gasteiger charge is -2.05. The highest BCUT2D eigenvalue weighted by molar-refractivity contribution is 5.89. The summed E-state index contributed by atoms with van der Waals surface area (Å²) in [5, 5.41) is 11.8. The first-order chi connectivity index (χ1) is 11.0. The third-order valence-electron chi connectivity index (χ3n) is 3.10. The summed E-state index contributed by atoms with van der Waals surface area (Å²) in [4.78, 5) is 16.2. The molecule has 3 aromatic rings. The zero-order valence-corrected chi connectivity index (χ0v) is 13.0. The van der Waals surface area contributed by atoms with Gasteiger partial charge in [-0.15, -0.1) is 10.2 Å². The van der Waals surface area contributed by atoms with Crippen molar-refractivity contribution in [2.24, 2.45) is 0 Å². The van der Waals surface area contributed by atoms with E-state index in [2.05, 4.69) is 20.3 Å². The first kappa shape index (κ1) is 14.9. The fourth-order valence-electron chi connectivity index (χ4n) is 2.10. The Kier molecular flexibility index (Phi) is 3.88. The average molecular weight is 313 g/mol. The fraction of sp³-hybridized carbons (Fsp3) is 0.267. The SMILES string of the molecule is Cc1cc(C)n(-c2ccc(C(=O)OCc3nnc(C)o3)cn2)n1. The van der Waals surface area contributed by atoms with Crippen LogP contribution in [0.15, 0.2) is 28.8 Å². The van der Waals surface area contributed by atoms with Crippen molar-refractivity contribution in [3.63, 3.8) is 0 Å². The number of aryl methyl sites for hydroxylation is 3. The van der Waals surface area contributed by atoms with E-state index >= 15 is 0 Å². The van der Waals surface area contributed by atoms with Crippen molar-refractivity contribution >= 4 is 5.97 Å². The van der Waals surface area contributed by atoms with Gasteiger partial charge in [0.2, 0.25) is 5.89 Å². The summed E-state index contributed by atoms with van der Waals surface area (Å²) in [5.74, 6) is 0.808. The predicted molar refractivity (Wildman–Crippen MR) is 79.0 cm³/mol. The Bertz CT molecular complexity index is 835. The Morgan fingerprint density at radius 1 is 1.26 bits per heavy atom. The van der Waals surface area contributed by atoms with Crippen molar-refractivity contribution in [2.45, 2.75) is 27.4 Å². The third kappa shape index (κ3) is 3.25. The molecule has 8 heteroatoms. The highest BCUT2D eigenvalue weighted by Gasteiger charge is 2.12. The largest absolute Gasteiger partial charge is 0.452 e. The summed E-state index contributed by atoms with van der Waals surface area (Å²) in [7, 11) is 0. The maximum Gasteiger partial charge on any atom is 0.340 e. The van der Waals surface area contributed by atoms with Gasteiger partial charge < -0.3 is 9.15 Å². The van der Waals surface area contributed by atoms with Crippen molar-refractivity contribution in [3.05, 3.63) is 53.1 Å². The average Bonchev–Trinajstić information content (AvgIpc) is 3.10. The number of pyridine rings is 1. The highest BCUT2D eigenvalue weighted by atomic mass is 16.5. The van der Waals surface area contributed by atoms with Gasteiger partial charge in [0, 0.05) is 18.8 Å². The minimum Gasteiger partial charge on any atom is -0.452 e. The summed E-state index contributed by atoms with van der Waals surface area (Å²) in [5.41, 5.74) is 2.21. The van der Waals surface area contributed by atoms with E-state index in [-0.39, 0.29) is 12.5 Å². The third-order valence-corrected chi connectivity index (χ3v) is 3.10. The molecule has 0 saturated heterocycles. The number of carbonyl (C=O) groups is 1. The van der Waals surface area contributed by atoms with E-state index in [1.807, 2.05) is 19.9 Å². The molecule has 23 heavy (non-hydrogen) atoms. The van der Waals surface area contributed by atoms with Crippen LogP contribution in [0.2, 0.25) is 0 Å². The van der Waals surface area contributed by atoms with Gasteiger partial charge in [0.25, 0.3) is 5.89 Å². The van der Waals surface area contributed by atoms with E-state index in [9.17, 15) is 4.79 Å². The van der Waals surface area contributed by atoms with E-state index < -0.39 is 5.97 Å². The first-order valence-electron chi connectivity index (χ1n) is 6.99. The van der Waals surface area contributed by atoms with Crippen LogP contribution >= 0.6 is 0 Å². The van der Waals surface area contributed by atoms with E-state index in [0.29, 0.717) is 17.3 Å². The second-order valence-corrected chi connectivity index (χ2v) is 5.03. The van der Waals surface area contributed by atoms with Gasteiger partial charge in [-0.2, -0.15) is 5.10 Å². The molecule has 0 aromatic carbocycles. The van der Waals surface area contributed by atoms with Crippen LogP contribution in [-0.4, -0.2) is 30.9 Å². The molecule has 0 radical (unpaired) electrons. The lowest BCUT2D eigenvalue weighted by atomic mass is 10.3. The molecule has 3 rings (SSSR count). The predicted octanol–water partition coefficient (Wildman–Crippen LogP) is 1.93. The molecule has 3 heterocycles. The molecule has 0 N–H and O–H groups in total. The molecule has 0 atom stereocenters. The Hall–Kier alpha value is -3.03. The molecule has 0 fully saturated rings. The molecule has 118 valence electrons.